The predicted octanol–water partition coefficient (Wildman–Crippen LogP) is 0.864. The highest BCUT2D eigenvalue weighted by molar-refractivity contribution is 6.28. The number of hydrogen-bond acceptors (Lipinski definition) is 6. The first-order valence-electron chi connectivity index (χ1n) is 4.85. The fourth-order valence-electron chi connectivity index (χ4n) is 1.01. The maximum Gasteiger partial charge on any atom is 0.323 e. The van der Waals surface area contributed by atoms with Gasteiger partial charge in [-0.2, -0.15) is 9.97 Å². The first kappa shape index (κ1) is 12.9. The van der Waals surface area contributed by atoms with E-state index in [2.05, 4.69) is 19.9 Å². The molecule has 0 bridgehead atoms. The second-order valence-electron chi connectivity index (χ2n) is 3.38. The van der Waals surface area contributed by atoms with E-state index in [0.717, 1.165) is 13.0 Å². The third-order valence-electron chi connectivity index (χ3n) is 1.73. The Balaban J connectivity index is 2.44. The van der Waals surface area contributed by atoms with Crippen LogP contribution in [0, 0.1) is 0 Å². The van der Waals surface area contributed by atoms with Gasteiger partial charge in [0, 0.05) is 6.54 Å². The van der Waals surface area contributed by atoms with Crippen LogP contribution in [0.4, 0.5) is 0 Å². The molecule has 6 nitrogen and oxygen atoms in total. The highest BCUT2D eigenvalue weighted by Crippen LogP contribution is 2.12. The Labute approximate surface area is 99.6 Å². The molecule has 0 aliphatic heterocycles. The summed E-state index contributed by atoms with van der Waals surface area (Å²) in [6.45, 7) is 1.47. The van der Waals surface area contributed by atoms with E-state index in [1.807, 2.05) is 14.1 Å². The number of nitrogens with zero attached hydrogens (tertiary/aromatic N) is 4. The zero-order valence-electron chi connectivity index (χ0n) is 9.60. The van der Waals surface area contributed by atoms with E-state index in [-0.39, 0.29) is 17.3 Å². The van der Waals surface area contributed by atoms with Gasteiger partial charge >= 0.3 is 12.0 Å². The van der Waals surface area contributed by atoms with Gasteiger partial charge in [-0.1, -0.05) is 0 Å². The highest BCUT2D eigenvalue weighted by Gasteiger charge is 2.05. The monoisotopic (exact) mass is 246 g/mol. The first-order valence-corrected chi connectivity index (χ1v) is 5.22. The van der Waals surface area contributed by atoms with E-state index < -0.39 is 0 Å². The largest absolute Gasteiger partial charge is 0.467 e. The molecule has 0 saturated heterocycles. The van der Waals surface area contributed by atoms with Crippen molar-refractivity contribution >= 4 is 11.6 Å². The van der Waals surface area contributed by atoms with Crippen LogP contribution in [0.2, 0.25) is 5.28 Å². The summed E-state index contributed by atoms with van der Waals surface area (Å²) in [4.78, 5) is 13.5. The second-order valence-corrected chi connectivity index (χ2v) is 3.72. The molecule has 1 aromatic heterocycles. The summed E-state index contributed by atoms with van der Waals surface area (Å²) < 4.78 is 10.2. The summed E-state index contributed by atoms with van der Waals surface area (Å²) in [5.41, 5.74) is 0. The Morgan fingerprint density at radius 3 is 2.50 bits per heavy atom. The third kappa shape index (κ3) is 4.59. The van der Waals surface area contributed by atoms with Crippen LogP contribution in [0.1, 0.15) is 6.42 Å². The predicted molar refractivity (Wildman–Crippen MR) is 60.1 cm³/mol. The van der Waals surface area contributed by atoms with Gasteiger partial charge in [-0.15, -0.1) is 4.98 Å². The molecule has 1 heterocycles. The molecule has 0 unspecified atom stereocenters. The smallest absolute Gasteiger partial charge is 0.323 e. The average Bonchev–Trinajstić information content (AvgIpc) is 2.23. The maximum absolute atomic E-state index is 5.66. The van der Waals surface area contributed by atoms with Crippen LogP contribution in [-0.2, 0) is 0 Å². The van der Waals surface area contributed by atoms with E-state index >= 15 is 0 Å². The standard InChI is InChI=1S/C9H15ClN4O2/c1-14(2)5-4-6-16-9-12-7(10)11-8(13-9)15-3/h4-6H2,1-3H3. The van der Waals surface area contributed by atoms with Crippen molar-refractivity contribution in [3.63, 3.8) is 0 Å². The summed E-state index contributed by atoms with van der Waals surface area (Å²) >= 11 is 5.66. The van der Waals surface area contributed by atoms with Crippen LogP contribution >= 0.6 is 11.6 Å². The summed E-state index contributed by atoms with van der Waals surface area (Å²) in [5, 5.41) is 0.0643. The molecule has 0 aliphatic rings. The number of methoxy groups -OCH3 is 1. The summed E-state index contributed by atoms with van der Waals surface area (Å²) in [5.74, 6) is 0. The number of hydrogen-bond donors (Lipinski definition) is 0. The Morgan fingerprint density at radius 1 is 1.19 bits per heavy atom. The average molecular weight is 247 g/mol. The van der Waals surface area contributed by atoms with Crippen molar-refractivity contribution in [1.29, 1.82) is 0 Å². The van der Waals surface area contributed by atoms with Gasteiger partial charge in [0.1, 0.15) is 0 Å². The third-order valence-corrected chi connectivity index (χ3v) is 1.90. The van der Waals surface area contributed by atoms with Gasteiger partial charge in [0.05, 0.1) is 13.7 Å². The van der Waals surface area contributed by atoms with Gasteiger partial charge < -0.3 is 14.4 Å². The zero-order valence-corrected chi connectivity index (χ0v) is 10.4. The maximum atomic E-state index is 5.66. The molecule has 0 aromatic carbocycles. The second kappa shape index (κ2) is 6.44. The lowest BCUT2D eigenvalue weighted by molar-refractivity contribution is 0.257. The van der Waals surface area contributed by atoms with E-state index in [0.29, 0.717) is 6.61 Å². The Bertz CT molecular complexity index is 335. The molecule has 7 heteroatoms. The molecule has 0 atom stereocenters. The van der Waals surface area contributed by atoms with Crippen molar-refractivity contribution < 1.29 is 9.47 Å². The van der Waals surface area contributed by atoms with Gasteiger partial charge in [0.2, 0.25) is 5.28 Å². The number of aromatic nitrogens is 3. The van der Waals surface area contributed by atoms with Crippen LogP contribution in [0.3, 0.4) is 0 Å². The highest BCUT2D eigenvalue weighted by atomic mass is 35.5. The van der Waals surface area contributed by atoms with Crippen molar-refractivity contribution in [3.05, 3.63) is 5.28 Å². The summed E-state index contributed by atoms with van der Waals surface area (Å²) in [7, 11) is 5.47. The molecule has 0 saturated carbocycles. The molecule has 90 valence electrons. The summed E-state index contributed by atoms with van der Waals surface area (Å²) in [6, 6.07) is 0.346. The zero-order chi connectivity index (χ0) is 12.0. The van der Waals surface area contributed by atoms with Gasteiger partial charge in [0.15, 0.2) is 0 Å². The van der Waals surface area contributed by atoms with E-state index in [9.17, 15) is 0 Å². The minimum atomic E-state index is 0.0643. The summed E-state index contributed by atoms with van der Waals surface area (Å²) in [6.07, 6.45) is 0.888. The first-order chi connectivity index (χ1) is 7.61. The molecular weight excluding hydrogens is 232 g/mol. The Morgan fingerprint density at radius 2 is 1.88 bits per heavy atom. The van der Waals surface area contributed by atoms with Gasteiger partial charge in [-0.3, -0.25) is 0 Å². The van der Waals surface area contributed by atoms with Gasteiger partial charge in [-0.05, 0) is 32.1 Å². The van der Waals surface area contributed by atoms with Crippen molar-refractivity contribution in [2.45, 2.75) is 6.42 Å². The SMILES string of the molecule is COc1nc(Cl)nc(OCCCN(C)C)n1. The van der Waals surface area contributed by atoms with Gasteiger partial charge in [-0.25, -0.2) is 0 Å². The molecule has 0 N–H and O–H groups in total. The van der Waals surface area contributed by atoms with Crippen LogP contribution in [0.15, 0.2) is 0 Å². The number of rotatable bonds is 6. The fourth-order valence-corrected chi connectivity index (χ4v) is 1.16. The molecule has 1 rings (SSSR count). The van der Waals surface area contributed by atoms with E-state index in [1.165, 1.54) is 7.11 Å². The van der Waals surface area contributed by atoms with Crippen LogP contribution in [0.25, 0.3) is 0 Å². The number of halogens is 1. The minimum absolute atomic E-state index is 0.0643. The van der Waals surface area contributed by atoms with Crippen molar-refractivity contribution in [2.75, 3.05) is 34.4 Å². The minimum Gasteiger partial charge on any atom is -0.467 e. The molecular formula is C9H15ClN4O2. The van der Waals surface area contributed by atoms with E-state index in [1.54, 1.807) is 0 Å². The van der Waals surface area contributed by atoms with Crippen LogP contribution in [0.5, 0.6) is 12.0 Å². The van der Waals surface area contributed by atoms with Crippen LogP contribution in [-0.4, -0.2) is 54.2 Å². The fraction of sp³-hybridized carbons (Fsp3) is 0.667. The lowest BCUT2D eigenvalue weighted by atomic mass is 10.4. The van der Waals surface area contributed by atoms with E-state index in [4.69, 9.17) is 21.1 Å². The molecule has 0 aliphatic carbocycles. The molecule has 16 heavy (non-hydrogen) atoms. The lowest BCUT2D eigenvalue weighted by Crippen LogP contribution is -2.16. The Hall–Kier alpha value is -1.14. The van der Waals surface area contributed by atoms with Crippen molar-refractivity contribution in [3.8, 4) is 12.0 Å². The van der Waals surface area contributed by atoms with Crippen molar-refractivity contribution in [1.82, 2.24) is 19.9 Å². The molecule has 0 radical (unpaired) electrons. The number of ether oxygens (including phenoxy) is 2. The molecule has 0 amide bonds. The van der Waals surface area contributed by atoms with Gasteiger partial charge in [0.25, 0.3) is 0 Å². The van der Waals surface area contributed by atoms with Crippen molar-refractivity contribution in [2.24, 2.45) is 0 Å². The normalized spacial score (nSPS) is 10.6. The quantitative estimate of drug-likeness (QED) is 0.694. The Kier molecular flexibility index (Phi) is 5.21. The molecule has 0 spiro atoms. The van der Waals surface area contributed by atoms with Crippen LogP contribution < -0.4 is 9.47 Å². The topological polar surface area (TPSA) is 60.4 Å². The molecule has 1 aromatic rings. The molecule has 0 fully saturated rings. The lowest BCUT2D eigenvalue weighted by Gasteiger charge is -2.09.